The first-order chi connectivity index (χ1) is 12.8. The molecule has 5 nitrogen and oxygen atoms in total. The maximum atomic E-state index is 13.0. The predicted octanol–water partition coefficient (Wildman–Crippen LogP) is 3.64. The zero-order valence-corrected chi connectivity index (χ0v) is 14.6. The van der Waals surface area contributed by atoms with E-state index in [0.29, 0.717) is 16.6 Å². The van der Waals surface area contributed by atoms with Crippen molar-refractivity contribution < 1.29 is 18.0 Å². The summed E-state index contributed by atoms with van der Waals surface area (Å²) < 4.78 is 40.7. The Labute approximate surface area is 154 Å². The number of imidazole rings is 1. The number of rotatable bonds is 5. The molecule has 0 spiro atoms. The second-order valence-corrected chi connectivity index (χ2v) is 6.33. The second-order valence-electron chi connectivity index (χ2n) is 6.33. The molecule has 3 aromatic rings. The summed E-state index contributed by atoms with van der Waals surface area (Å²) in [6, 6.07) is 12.3. The van der Waals surface area contributed by atoms with Crippen LogP contribution in [-0.4, -0.2) is 22.0 Å². The number of nitrogens with two attached hydrogens (primary N) is 1. The van der Waals surface area contributed by atoms with Gasteiger partial charge in [-0.15, -0.1) is 0 Å². The summed E-state index contributed by atoms with van der Waals surface area (Å²) in [5, 5.41) is 2.73. The highest BCUT2D eigenvalue weighted by molar-refractivity contribution is 5.93. The molecule has 142 valence electrons. The first kappa shape index (κ1) is 18.9. The van der Waals surface area contributed by atoms with Gasteiger partial charge in [-0.05, 0) is 29.8 Å². The molecule has 0 bridgehead atoms. The van der Waals surface area contributed by atoms with Gasteiger partial charge in [-0.1, -0.05) is 31.2 Å². The number of nitrogens with one attached hydrogen (secondary N) is 1. The van der Waals surface area contributed by atoms with Crippen LogP contribution in [-0.2, 0) is 17.5 Å². The van der Waals surface area contributed by atoms with Gasteiger partial charge >= 0.3 is 6.18 Å². The van der Waals surface area contributed by atoms with Crippen LogP contribution >= 0.6 is 0 Å². The van der Waals surface area contributed by atoms with E-state index in [1.54, 1.807) is 41.8 Å². The number of aromatic nitrogens is 2. The molecule has 0 fully saturated rings. The van der Waals surface area contributed by atoms with Crippen LogP contribution in [0.1, 0.15) is 18.1 Å². The molecule has 1 heterocycles. The molecular formula is C19H19F3N4O. The van der Waals surface area contributed by atoms with Gasteiger partial charge in [0.05, 0.1) is 23.1 Å². The number of anilines is 1. The van der Waals surface area contributed by atoms with Crippen molar-refractivity contribution in [1.82, 2.24) is 9.55 Å². The highest BCUT2D eigenvalue weighted by Crippen LogP contribution is 2.30. The van der Waals surface area contributed by atoms with Crippen molar-refractivity contribution in [2.24, 2.45) is 11.7 Å². The monoisotopic (exact) mass is 376 g/mol. The molecule has 0 aliphatic carbocycles. The van der Waals surface area contributed by atoms with Gasteiger partial charge in [0.1, 0.15) is 0 Å². The van der Waals surface area contributed by atoms with Gasteiger partial charge in [-0.2, -0.15) is 13.2 Å². The van der Waals surface area contributed by atoms with Crippen molar-refractivity contribution in [3.8, 4) is 0 Å². The van der Waals surface area contributed by atoms with E-state index in [1.807, 2.05) is 0 Å². The lowest BCUT2D eigenvalue weighted by Gasteiger charge is -2.14. The number of nitrogens with zero attached hydrogens (tertiary/aromatic N) is 2. The van der Waals surface area contributed by atoms with Gasteiger partial charge in [0.15, 0.2) is 0 Å². The average Bonchev–Trinajstić information content (AvgIpc) is 2.98. The smallest absolute Gasteiger partial charge is 0.330 e. The number of fused-ring (bicyclic) bond motifs is 1. The number of halogens is 3. The van der Waals surface area contributed by atoms with Crippen LogP contribution < -0.4 is 11.1 Å². The van der Waals surface area contributed by atoms with Gasteiger partial charge < -0.3 is 10.3 Å². The number of alkyl halides is 3. The fourth-order valence-corrected chi connectivity index (χ4v) is 2.70. The summed E-state index contributed by atoms with van der Waals surface area (Å²) in [4.78, 5) is 16.6. The largest absolute Gasteiger partial charge is 0.416 e. The SMILES string of the molecule is CC(CN)C(=O)Nc1nc2ccccc2n1Cc1cccc(C(F)(F)F)c1. The van der Waals surface area contributed by atoms with Crippen LogP contribution in [0.4, 0.5) is 19.1 Å². The normalized spacial score (nSPS) is 12.9. The van der Waals surface area contributed by atoms with Gasteiger partial charge in [-0.3, -0.25) is 10.1 Å². The van der Waals surface area contributed by atoms with Gasteiger partial charge in [0, 0.05) is 12.5 Å². The van der Waals surface area contributed by atoms with Crippen LogP contribution in [0.25, 0.3) is 11.0 Å². The first-order valence-corrected chi connectivity index (χ1v) is 8.42. The minimum atomic E-state index is -4.42. The second kappa shape index (κ2) is 7.40. The van der Waals surface area contributed by atoms with E-state index >= 15 is 0 Å². The van der Waals surface area contributed by atoms with E-state index in [0.717, 1.165) is 12.1 Å². The minimum absolute atomic E-state index is 0.136. The number of carbonyl (C=O) groups is 1. The van der Waals surface area contributed by atoms with Crippen molar-refractivity contribution in [3.05, 3.63) is 59.7 Å². The molecule has 3 rings (SSSR count). The molecule has 2 aromatic carbocycles. The molecule has 1 atom stereocenters. The Kier molecular flexibility index (Phi) is 5.18. The third-order valence-electron chi connectivity index (χ3n) is 4.29. The number of hydrogen-bond acceptors (Lipinski definition) is 3. The third kappa shape index (κ3) is 4.11. The van der Waals surface area contributed by atoms with Gasteiger partial charge in [0.2, 0.25) is 11.9 Å². The summed E-state index contributed by atoms with van der Waals surface area (Å²) >= 11 is 0. The lowest BCUT2D eigenvalue weighted by atomic mass is 10.1. The topological polar surface area (TPSA) is 72.9 Å². The quantitative estimate of drug-likeness (QED) is 0.714. The summed E-state index contributed by atoms with van der Waals surface area (Å²) in [5.41, 5.74) is 6.62. The molecule has 27 heavy (non-hydrogen) atoms. The summed E-state index contributed by atoms with van der Waals surface area (Å²) in [7, 11) is 0. The molecule has 0 aliphatic heterocycles. The number of carbonyl (C=O) groups excluding carboxylic acids is 1. The molecule has 1 aromatic heterocycles. The molecule has 0 saturated heterocycles. The lowest BCUT2D eigenvalue weighted by molar-refractivity contribution is -0.137. The number of para-hydroxylation sites is 2. The third-order valence-corrected chi connectivity index (χ3v) is 4.29. The highest BCUT2D eigenvalue weighted by Gasteiger charge is 2.30. The van der Waals surface area contributed by atoms with E-state index < -0.39 is 17.7 Å². The molecule has 3 N–H and O–H groups in total. The van der Waals surface area contributed by atoms with Crippen LogP contribution in [0.2, 0.25) is 0 Å². The fourth-order valence-electron chi connectivity index (χ4n) is 2.70. The van der Waals surface area contributed by atoms with Crippen molar-refractivity contribution in [2.45, 2.75) is 19.6 Å². The molecule has 0 saturated carbocycles. The van der Waals surface area contributed by atoms with E-state index in [4.69, 9.17) is 5.73 Å². The Morgan fingerprint density at radius 3 is 2.67 bits per heavy atom. The highest BCUT2D eigenvalue weighted by atomic mass is 19.4. The number of benzene rings is 2. The molecule has 1 amide bonds. The lowest BCUT2D eigenvalue weighted by Crippen LogP contribution is -2.28. The maximum absolute atomic E-state index is 13.0. The summed E-state index contributed by atoms with van der Waals surface area (Å²) in [6.07, 6.45) is -4.42. The Balaban J connectivity index is 2.00. The van der Waals surface area contributed by atoms with Crippen molar-refractivity contribution in [3.63, 3.8) is 0 Å². The standard InChI is InChI=1S/C19H19F3N4O/c1-12(10-23)17(27)25-18-24-15-7-2-3-8-16(15)26(18)11-13-5-4-6-14(9-13)19(20,21)22/h2-9,12H,10-11,23H2,1H3,(H,24,25,27). The number of hydrogen-bond donors (Lipinski definition) is 2. The zero-order valence-electron chi connectivity index (χ0n) is 14.6. The van der Waals surface area contributed by atoms with E-state index in [1.165, 1.54) is 6.07 Å². The number of amides is 1. The van der Waals surface area contributed by atoms with Crippen molar-refractivity contribution in [1.29, 1.82) is 0 Å². The minimum Gasteiger partial charge on any atom is -0.330 e. The van der Waals surface area contributed by atoms with E-state index in [-0.39, 0.29) is 24.9 Å². The van der Waals surface area contributed by atoms with Gasteiger partial charge in [-0.25, -0.2) is 4.98 Å². The fraction of sp³-hybridized carbons (Fsp3) is 0.263. The van der Waals surface area contributed by atoms with E-state index in [9.17, 15) is 18.0 Å². The molecule has 1 unspecified atom stereocenters. The maximum Gasteiger partial charge on any atom is 0.416 e. The molecule has 0 radical (unpaired) electrons. The molecule has 0 aliphatic rings. The molecule has 8 heteroatoms. The Morgan fingerprint density at radius 1 is 1.22 bits per heavy atom. The van der Waals surface area contributed by atoms with E-state index in [2.05, 4.69) is 10.3 Å². The summed E-state index contributed by atoms with van der Waals surface area (Å²) in [5.74, 6) is -0.427. The van der Waals surface area contributed by atoms with Crippen LogP contribution in [0.3, 0.4) is 0 Å². The average molecular weight is 376 g/mol. The Hall–Kier alpha value is -2.87. The zero-order chi connectivity index (χ0) is 19.6. The first-order valence-electron chi connectivity index (χ1n) is 8.42. The summed E-state index contributed by atoms with van der Waals surface area (Å²) in [6.45, 7) is 2.01. The van der Waals surface area contributed by atoms with Crippen LogP contribution in [0.5, 0.6) is 0 Å². The molecular weight excluding hydrogens is 357 g/mol. The predicted molar refractivity (Wildman–Crippen MR) is 97.1 cm³/mol. The van der Waals surface area contributed by atoms with Crippen molar-refractivity contribution >= 4 is 22.9 Å². The Morgan fingerprint density at radius 2 is 1.96 bits per heavy atom. The van der Waals surface area contributed by atoms with Crippen molar-refractivity contribution in [2.75, 3.05) is 11.9 Å². The van der Waals surface area contributed by atoms with Gasteiger partial charge in [0.25, 0.3) is 0 Å². The Bertz CT molecular complexity index is 965. The van der Waals surface area contributed by atoms with Crippen LogP contribution in [0, 0.1) is 5.92 Å². The van der Waals surface area contributed by atoms with Crippen LogP contribution in [0.15, 0.2) is 48.5 Å².